The Balaban J connectivity index is 1.87. The minimum absolute atomic E-state index is 0.125. The number of carbonyl (C=O) groups is 2. The zero-order chi connectivity index (χ0) is 23.5. The molecule has 2 aromatic carbocycles. The number of ether oxygens (including phenoxy) is 2. The molecule has 1 amide bonds. The van der Waals surface area contributed by atoms with E-state index < -0.39 is 29.3 Å². The van der Waals surface area contributed by atoms with Crippen LogP contribution in [0.15, 0.2) is 48.7 Å². The van der Waals surface area contributed by atoms with Gasteiger partial charge in [-0.2, -0.15) is 18.3 Å². The van der Waals surface area contributed by atoms with Crippen molar-refractivity contribution in [3.8, 4) is 11.4 Å². The van der Waals surface area contributed by atoms with Gasteiger partial charge in [0, 0.05) is 6.54 Å². The average molecular weight is 447 g/mol. The van der Waals surface area contributed by atoms with E-state index in [1.165, 1.54) is 38.5 Å². The van der Waals surface area contributed by atoms with Crippen molar-refractivity contribution in [2.45, 2.75) is 19.6 Å². The van der Waals surface area contributed by atoms with E-state index in [0.29, 0.717) is 10.2 Å². The molecule has 0 saturated carbocycles. The predicted octanol–water partition coefficient (Wildman–Crippen LogP) is 3.92. The summed E-state index contributed by atoms with van der Waals surface area (Å²) in [7, 11) is 2.59. The highest BCUT2D eigenvalue weighted by molar-refractivity contribution is 5.95. The zero-order valence-electron chi connectivity index (χ0n) is 17.5. The topological polar surface area (TPSA) is 82.5 Å². The summed E-state index contributed by atoms with van der Waals surface area (Å²) in [4.78, 5) is 24.5. The molecule has 1 aromatic heterocycles. The molecule has 7 nitrogen and oxygen atoms in total. The Kier molecular flexibility index (Phi) is 6.52. The summed E-state index contributed by atoms with van der Waals surface area (Å²) in [6.45, 7) is 1.68. The summed E-state index contributed by atoms with van der Waals surface area (Å²) in [5.41, 5.74) is -0.134. The van der Waals surface area contributed by atoms with Crippen LogP contribution in [0.4, 0.5) is 13.2 Å². The molecular weight excluding hydrogens is 427 g/mol. The summed E-state index contributed by atoms with van der Waals surface area (Å²) >= 11 is 0. The summed E-state index contributed by atoms with van der Waals surface area (Å²) in [6, 6.07) is 10.8. The Morgan fingerprint density at radius 2 is 1.75 bits per heavy atom. The highest BCUT2D eigenvalue weighted by Crippen LogP contribution is 2.33. The molecule has 0 fully saturated rings. The molecule has 0 atom stereocenters. The highest BCUT2D eigenvalue weighted by Gasteiger charge is 2.40. The molecule has 0 unspecified atom stereocenters. The first-order valence-corrected chi connectivity index (χ1v) is 9.41. The maximum absolute atomic E-state index is 13.8. The van der Waals surface area contributed by atoms with Crippen molar-refractivity contribution in [3.05, 3.63) is 76.6 Å². The van der Waals surface area contributed by atoms with Gasteiger partial charge in [-0.05, 0) is 36.8 Å². The van der Waals surface area contributed by atoms with Crippen LogP contribution >= 0.6 is 0 Å². The second-order valence-corrected chi connectivity index (χ2v) is 6.86. The Labute approximate surface area is 181 Å². The number of halogens is 3. The van der Waals surface area contributed by atoms with Crippen molar-refractivity contribution in [2.75, 3.05) is 14.2 Å². The Bertz CT molecular complexity index is 1140. The molecule has 0 aliphatic rings. The quantitative estimate of drug-likeness (QED) is 0.579. The number of amides is 1. The number of carbonyl (C=O) groups excluding carboxylic acids is 2. The van der Waals surface area contributed by atoms with Gasteiger partial charge in [-0.1, -0.05) is 23.8 Å². The number of methoxy groups -OCH3 is 2. The van der Waals surface area contributed by atoms with Crippen LogP contribution in [0.1, 0.15) is 37.5 Å². The minimum Gasteiger partial charge on any atom is -0.496 e. The lowest BCUT2D eigenvalue weighted by atomic mass is 10.1. The van der Waals surface area contributed by atoms with Crippen LogP contribution in [-0.4, -0.2) is 35.9 Å². The minimum atomic E-state index is -4.81. The number of hydrogen-bond donors (Lipinski definition) is 1. The van der Waals surface area contributed by atoms with Crippen LogP contribution in [0.5, 0.6) is 5.75 Å². The third-order valence-corrected chi connectivity index (χ3v) is 4.68. The van der Waals surface area contributed by atoms with Crippen LogP contribution in [0.25, 0.3) is 5.69 Å². The van der Waals surface area contributed by atoms with E-state index in [-0.39, 0.29) is 23.5 Å². The molecule has 0 spiro atoms. The number of rotatable bonds is 6. The smallest absolute Gasteiger partial charge is 0.434 e. The SMILES string of the molecule is COC(=O)c1cc(CNC(=O)c2cnn(-c3ccc(C)cc3)c2C(F)(F)F)ccc1OC. The van der Waals surface area contributed by atoms with Gasteiger partial charge >= 0.3 is 12.1 Å². The molecule has 32 heavy (non-hydrogen) atoms. The van der Waals surface area contributed by atoms with Crippen molar-refractivity contribution < 1.29 is 32.2 Å². The largest absolute Gasteiger partial charge is 0.496 e. The molecule has 0 saturated heterocycles. The maximum atomic E-state index is 13.8. The van der Waals surface area contributed by atoms with Crippen LogP contribution in [0.3, 0.4) is 0 Å². The lowest BCUT2D eigenvalue weighted by Crippen LogP contribution is -2.26. The van der Waals surface area contributed by atoms with E-state index in [9.17, 15) is 22.8 Å². The molecule has 3 aromatic rings. The molecule has 3 rings (SSSR count). The second kappa shape index (κ2) is 9.13. The van der Waals surface area contributed by atoms with Gasteiger partial charge < -0.3 is 14.8 Å². The fourth-order valence-electron chi connectivity index (χ4n) is 3.08. The van der Waals surface area contributed by atoms with E-state index >= 15 is 0 Å². The van der Waals surface area contributed by atoms with Gasteiger partial charge in [0.25, 0.3) is 5.91 Å². The van der Waals surface area contributed by atoms with E-state index in [1.807, 2.05) is 0 Å². The molecule has 0 bridgehead atoms. The first-order valence-electron chi connectivity index (χ1n) is 9.41. The number of nitrogens with one attached hydrogen (secondary N) is 1. The molecule has 10 heteroatoms. The number of nitrogens with zero attached hydrogens (tertiary/aromatic N) is 2. The van der Waals surface area contributed by atoms with Gasteiger partial charge in [-0.25, -0.2) is 9.48 Å². The molecule has 0 radical (unpaired) electrons. The van der Waals surface area contributed by atoms with E-state index in [2.05, 4.69) is 10.4 Å². The van der Waals surface area contributed by atoms with E-state index in [1.54, 1.807) is 25.1 Å². The van der Waals surface area contributed by atoms with Gasteiger partial charge in [0.2, 0.25) is 0 Å². The van der Waals surface area contributed by atoms with Crippen LogP contribution < -0.4 is 10.1 Å². The fraction of sp³-hybridized carbons (Fsp3) is 0.227. The number of esters is 1. The normalized spacial score (nSPS) is 11.2. The molecule has 168 valence electrons. The third-order valence-electron chi connectivity index (χ3n) is 4.68. The monoisotopic (exact) mass is 447 g/mol. The Morgan fingerprint density at radius 1 is 1.06 bits per heavy atom. The Hall–Kier alpha value is -3.82. The van der Waals surface area contributed by atoms with E-state index in [4.69, 9.17) is 9.47 Å². The molecule has 1 heterocycles. The number of hydrogen-bond acceptors (Lipinski definition) is 5. The van der Waals surface area contributed by atoms with E-state index in [0.717, 1.165) is 11.8 Å². The Morgan fingerprint density at radius 3 is 2.34 bits per heavy atom. The van der Waals surface area contributed by atoms with Gasteiger partial charge in [-0.15, -0.1) is 0 Å². The fourth-order valence-corrected chi connectivity index (χ4v) is 3.08. The van der Waals surface area contributed by atoms with Gasteiger partial charge in [-0.3, -0.25) is 4.79 Å². The number of aryl methyl sites for hydroxylation is 1. The molecule has 0 aliphatic heterocycles. The summed E-state index contributed by atoms with van der Waals surface area (Å²) < 4.78 is 51.8. The summed E-state index contributed by atoms with van der Waals surface area (Å²) in [6.07, 6.45) is -3.93. The first-order chi connectivity index (χ1) is 15.2. The highest BCUT2D eigenvalue weighted by atomic mass is 19.4. The van der Waals surface area contributed by atoms with Crippen molar-refractivity contribution >= 4 is 11.9 Å². The third kappa shape index (κ3) is 4.74. The van der Waals surface area contributed by atoms with Gasteiger partial charge in [0.15, 0.2) is 5.69 Å². The van der Waals surface area contributed by atoms with Crippen LogP contribution in [0.2, 0.25) is 0 Å². The summed E-state index contributed by atoms with van der Waals surface area (Å²) in [5.74, 6) is -1.33. The first kappa shape index (κ1) is 22.9. The van der Waals surface area contributed by atoms with Crippen molar-refractivity contribution in [1.82, 2.24) is 15.1 Å². The van der Waals surface area contributed by atoms with Crippen LogP contribution in [0, 0.1) is 6.92 Å². The predicted molar refractivity (Wildman–Crippen MR) is 109 cm³/mol. The molecule has 1 N–H and O–H groups in total. The lowest BCUT2D eigenvalue weighted by molar-refractivity contribution is -0.143. The lowest BCUT2D eigenvalue weighted by Gasteiger charge is -2.13. The van der Waals surface area contributed by atoms with Crippen molar-refractivity contribution in [2.24, 2.45) is 0 Å². The molecule has 0 aliphatic carbocycles. The second-order valence-electron chi connectivity index (χ2n) is 6.86. The van der Waals surface area contributed by atoms with Gasteiger partial charge in [0.05, 0.1) is 31.7 Å². The summed E-state index contributed by atoms with van der Waals surface area (Å²) in [5, 5.41) is 6.23. The number of benzene rings is 2. The molecular formula is C22H20F3N3O4. The number of aromatic nitrogens is 2. The number of alkyl halides is 3. The van der Waals surface area contributed by atoms with Gasteiger partial charge in [0.1, 0.15) is 11.3 Å². The van der Waals surface area contributed by atoms with Crippen molar-refractivity contribution in [1.29, 1.82) is 0 Å². The standard InChI is InChI=1S/C22H20F3N3O4/c1-13-4-7-15(8-5-13)28-19(22(23,24)25)17(12-27-28)20(29)26-11-14-6-9-18(31-2)16(10-14)21(30)32-3/h4-10,12H,11H2,1-3H3,(H,26,29). The van der Waals surface area contributed by atoms with Crippen molar-refractivity contribution in [3.63, 3.8) is 0 Å². The van der Waals surface area contributed by atoms with Crippen LogP contribution in [-0.2, 0) is 17.5 Å². The maximum Gasteiger partial charge on any atom is 0.434 e. The average Bonchev–Trinajstić information content (AvgIpc) is 3.23. The zero-order valence-corrected chi connectivity index (χ0v) is 17.5.